The highest BCUT2D eigenvalue weighted by atomic mass is 14.2. The quantitative estimate of drug-likeness (QED) is 0.630. The van der Waals surface area contributed by atoms with E-state index in [0.717, 1.165) is 18.8 Å². The number of rotatable bonds is 4. The molecule has 0 unspecified atom stereocenters. The summed E-state index contributed by atoms with van der Waals surface area (Å²) in [5, 5.41) is 3.03. The molecular formula is C22H24. The lowest BCUT2D eigenvalue weighted by molar-refractivity contribution is 0.553. The Hall–Kier alpha value is -1.82. The molecule has 0 N–H and O–H groups in total. The van der Waals surface area contributed by atoms with Crippen molar-refractivity contribution in [2.75, 3.05) is 0 Å². The van der Waals surface area contributed by atoms with Gasteiger partial charge in [-0.2, -0.15) is 0 Å². The van der Waals surface area contributed by atoms with Crippen molar-refractivity contribution in [1.29, 1.82) is 0 Å². The van der Waals surface area contributed by atoms with Crippen LogP contribution in [-0.4, -0.2) is 0 Å². The Morgan fingerprint density at radius 3 is 2.59 bits per heavy atom. The van der Waals surface area contributed by atoms with Crippen LogP contribution in [0.2, 0.25) is 0 Å². The third-order valence-electron chi connectivity index (χ3n) is 5.09. The fourth-order valence-electron chi connectivity index (χ4n) is 4.00. The Morgan fingerprint density at radius 2 is 1.73 bits per heavy atom. The molecule has 0 spiro atoms. The molecule has 0 aliphatic heterocycles. The predicted octanol–water partition coefficient (Wildman–Crippen LogP) is 6.17. The standard InChI is InChI=1S/C22H24/c1-15(2)5-3-6-16-13-19-11-9-17-7-4-8-18-10-12-20(14-16)22(19)21(17)18/h4,7,9-12,14-15H,3,5-6,8,13H2,1-2H3. The SMILES string of the molecule is CC(C)CCCC1=Cc2ccc3c4c(ccc(c24)C1)C=CC3. The van der Waals surface area contributed by atoms with Crippen molar-refractivity contribution in [3.05, 3.63) is 58.2 Å². The zero-order valence-electron chi connectivity index (χ0n) is 13.7. The Labute approximate surface area is 133 Å². The summed E-state index contributed by atoms with van der Waals surface area (Å²) in [7, 11) is 0. The van der Waals surface area contributed by atoms with Gasteiger partial charge in [0.05, 0.1) is 0 Å². The second-order valence-corrected chi connectivity index (χ2v) is 7.25. The summed E-state index contributed by atoms with van der Waals surface area (Å²) >= 11 is 0. The van der Waals surface area contributed by atoms with Crippen LogP contribution in [0.25, 0.3) is 22.9 Å². The van der Waals surface area contributed by atoms with Gasteiger partial charge in [0, 0.05) is 0 Å². The first kappa shape index (κ1) is 13.8. The van der Waals surface area contributed by atoms with Crippen LogP contribution in [0.15, 0.2) is 35.9 Å². The lowest BCUT2D eigenvalue weighted by atomic mass is 9.82. The molecule has 0 radical (unpaired) electrons. The highest BCUT2D eigenvalue weighted by Crippen LogP contribution is 2.38. The van der Waals surface area contributed by atoms with Crippen LogP contribution >= 0.6 is 0 Å². The van der Waals surface area contributed by atoms with Crippen molar-refractivity contribution in [2.24, 2.45) is 5.92 Å². The average molecular weight is 288 g/mol. The van der Waals surface area contributed by atoms with E-state index in [1.54, 1.807) is 5.57 Å². The lowest BCUT2D eigenvalue weighted by Gasteiger charge is -2.22. The van der Waals surface area contributed by atoms with E-state index in [1.807, 2.05) is 0 Å². The molecule has 2 aromatic carbocycles. The topological polar surface area (TPSA) is 0 Å². The van der Waals surface area contributed by atoms with Gasteiger partial charge in [-0.1, -0.05) is 68.3 Å². The lowest BCUT2D eigenvalue weighted by Crippen LogP contribution is -2.04. The number of hydrogen-bond donors (Lipinski definition) is 0. The Kier molecular flexibility index (Phi) is 3.41. The molecule has 0 saturated carbocycles. The largest absolute Gasteiger partial charge is 0.0795 e. The molecule has 0 heteroatoms. The summed E-state index contributed by atoms with van der Waals surface area (Å²) in [4.78, 5) is 0. The van der Waals surface area contributed by atoms with Gasteiger partial charge in [-0.15, -0.1) is 0 Å². The predicted molar refractivity (Wildman–Crippen MR) is 97.1 cm³/mol. The minimum absolute atomic E-state index is 0.815. The van der Waals surface area contributed by atoms with E-state index in [9.17, 15) is 0 Å². The molecule has 0 aromatic heterocycles. The van der Waals surface area contributed by atoms with Crippen molar-refractivity contribution in [3.63, 3.8) is 0 Å². The second-order valence-electron chi connectivity index (χ2n) is 7.25. The molecule has 0 fully saturated rings. The molecule has 2 aliphatic carbocycles. The minimum atomic E-state index is 0.815. The van der Waals surface area contributed by atoms with Crippen molar-refractivity contribution < 1.29 is 0 Å². The van der Waals surface area contributed by atoms with E-state index in [2.05, 4.69) is 56.3 Å². The first-order chi connectivity index (χ1) is 10.7. The van der Waals surface area contributed by atoms with E-state index >= 15 is 0 Å². The highest BCUT2D eigenvalue weighted by molar-refractivity contribution is 6.03. The molecular weight excluding hydrogens is 264 g/mol. The summed E-state index contributed by atoms with van der Waals surface area (Å²) < 4.78 is 0. The van der Waals surface area contributed by atoms with Crippen molar-refractivity contribution in [2.45, 2.75) is 46.0 Å². The molecule has 2 aliphatic rings. The monoisotopic (exact) mass is 288 g/mol. The third-order valence-corrected chi connectivity index (χ3v) is 5.09. The first-order valence-electron chi connectivity index (χ1n) is 8.66. The molecule has 112 valence electrons. The van der Waals surface area contributed by atoms with E-state index in [1.165, 1.54) is 52.3 Å². The summed E-state index contributed by atoms with van der Waals surface area (Å²) in [6, 6.07) is 9.35. The highest BCUT2D eigenvalue weighted by Gasteiger charge is 2.18. The van der Waals surface area contributed by atoms with Crippen LogP contribution in [0.5, 0.6) is 0 Å². The third kappa shape index (κ3) is 2.31. The Morgan fingerprint density at radius 1 is 0.955 bits per heavy atom. The maximum atomic E-state index is 2.47. The van der Waals surface area contributed by atoms with Gasteiger partial charge < -0.3 is 0 Å². The van der Waals surface area contributed by atoms with Gasteiger partial charge in [0.1, 0.15) is 0 Å². The van der Waals surface area contributed by atoms with Crippen molar-refractivity contribution in [3.8, 4) is 0 Å². The molecule has 0 nitrogen and oxygen atoms in total. The molecule has 2 aromatic rings. The maximum Gasteiger partial charge on any atom is -0.00574 e. The fourth-order valence-corrected chi connectivity index (χ4v) is 4.00. The number of hydrogen-bond acceptors (Lipinski definition) is 0. The minimum Gasteiger partial charge on any atom is -0.0795 e. The van der Waals surface area contributed by atoms with Gasteiger partial charge >= 0.3 is 0 Å². The van der Waals surface area contributed by atoms with Crippen LogP contribution in [0, 0.1) is 5.92 Å². The zero-order valence-corrected chi connectivity index (χ0v) is 13.7. The first-order valence-corrected chi connectivity index (χ1v) is 8.66. The Bertz CT molecular complexity index is 787. The second kappa shape index (κ2) is 5.43. The van der Waals surface area contributed by atoms with Crippen LogP contribution in [0.1, 0.15) is 55.4 Å². The van der Waals surface area contributed by atoms with E-state index in [4.69, 9.17) is 0 Å². The summed E-state index contributed by atoms with van der Waals surface area (Å²) in [6.07, 6.45) is 13.2. The van der Waals surface area contributed by atoms with Crippen molar-refractivity contribution in [1.82, 2.24) is 0 Å². The van der Waals surface area contributed by atoms with Gasteiger partial charge in [-0.05, 0) is 64.6 Å². The molecule has 0 bridgehead atoms. The van der Waals surface area contributed by atoms with E-state index < -0.39 is 0 Å². The van der Waals surface area contributed by atoms with Crippen LogP contribution in [-0.2, 0) is 12.8 Å². The van der Waals surface area contributed by atoms with Crippen LogP contribution in [0.3, 0.4) is 0 Å². The fraction of sp³-hybridized carbons (Fsp3) is 0.364. The molecule has 0 atom stereocenters. The van der Waals surface area contributed by atoms with Crippen LogP contribution < -0.4 is 0 Å². The van der Waals surface area contributed by atoms with Gasteiger partial charge in [-0.25, -0.2) is 0 Å². The summed E-state index contributed by atoms with van der Waals surface area (Å²) in [5.41, 5.74) is 7.49. The van der Waals surface area contributed by atoms with Crippen molar-refractivity contribution >= 4 is 22.9 Å². The molecule has 4 rings (SSSR count). The van der Waals surface area contributed by atoms with Crippen LogP contribution in [0.4, 0.5) is 0 Å². The van der Waals surface area contributed by atoms with Gasteiger partial charge in [0.2, 0.25) is 0 Å². The Balaban J connectivity index is 1.74. The van der Waals surface area contributed by atoms with E-state index in [-0.39, 0.29) is 0 Å². The zero-order chi connectivity index (χ0) is 15.1. The molecule has 0 saturated heterocycles. The molecule has 22 heavy (non-hydrogen) atoms. The normalized spacial score (nSPS) is 15.5. The number of allylic oxidation sites excluding steroid dienone is 2. The smallest absolute Gasteiger partial charge is 0.00574 e. The average Bonchev–Trinajstić information content (AvgIpc) is 2.52. The van der Waals surface area contributed by atoms with Gasteiger partial charge in [-0.3, -0.25) is 0 Å². The summed E-state index contributed by atoms with van der Waals surface area (Å²) in [6.45, 7) is 4.64. The molecule has 0 amide bonds. The summed E-state index contributed by atoms with van der Waals surface area (Å²) in [5.74, 6) is 0.815. The van der Waals surface area contributed by atoms with Gasteiger partial charge in [0.25, 0.3) is 0 Å². The van der Waals surface area contributed by atoms with E-state index in [0.29, 0.717) is 0 Å². The number of benzene rings is 2. The van der Waals surface area contributed by atoms with Gasteiger partial charge in [0.15, 0.2) is 0 Å². The molecule has 0 heterocycles. The maximum absolute atomic E-state index is 2.47.